The number of carbonyl (C=O) groups excluding carboxylic acids is 1. The normalized spacial score (nSPS) is 10.6. The van der Waals surface area contributed by atoms with Crippen LogP contribution >= 0.6 is 0 Å². The summed E-state index contributed by atoms with van der Waals surface area (Å²) in [6, 6.07) is 13.0. The quantitative estimate of drug-likeness (QED) is 0.720. The lowest BCUT2D eigenvalue weighted by Crippen LogP contribution is -2.15. The molecule has 0 aliphatic heterocycles. The van der Waals surface area contributed by atoms with Crippen molar-refractivity contribution >= 4 is 17.4 Å². The first kappa shape index (κ1) is 16.7. The monoisotopic (exact) mass is 336 g/mol. The van der Waals surface area contributed by atoms with E-state index in [9.17, 15) is 4.79 Å². The molecule has 2 aromatic heterocycles. The van der Waals surface area contributed by atoms with Gasteiger partial charge in [0.2, 0.25) is 5.91 Å². The second kappa shape index (κ2) is 7.17. The van der Waals surface area contributed by atoms with Gasteiger partial charge in [0, 0.05) is 17.7 Å². The summed E-state index contributed by atoms with van der Waals surface area (Å²) in [4.78, 5) is 11.8. The van der Waals surface area contributed by atoms with Crippen molar-refractivity contribution in [3.8, 4) is 0 Å². The van der Waals surface area contributed by atoms with E-state index in [4.69, 9.17) is 10.2 Å². The summed E-state index contributed by atoms with van der Waals surface area (Å²) in [6.45, 7) is 3.91. The highest BCUT2D eigenvalue weighted by atomic mass is 16.3. The number of hydrogen-bond donors (Lipinski definition) is 2. The molecule has 3 aromatic rings. The van der Waals surface area contributed by atoms with E-state index in [0.29, 0.717) is 17.8 Å². The van der Waals surface area contributed by atoms with Crippen molar-refractivity contribution in [2.45, 2.75) is 26.7 Å². The van der Waals surface area contributed by atoms with Crippen LogP contribution in [-0.2, 0) is 12.8 Å². The average Bonchev–Trinajstić information content (AvgIpc) is 3.02. The van der Waals surface area contributed by atoms with Crippen LogP contribution in [0.2, 0.25) is 0 Å². The second-order valence-corrected chi connectivity index (χ2v) is 5.77. The molecule has 6 heteroatoms. The van der Waals surface area contributed by atoms with E-state index in [1.807, 2.05) is 44.2 Å². The largest absolute Gasteiger partial charge is 0.466 e. The highest BCUT2D eigenvalue weighted by Crippen LogP contribution is 2.26. The molecule has 3 N–H and O–H groups in total. The molecule has 128 valence electrons. The summed E-state index contributed by atoms with van der Waals surface area (Å²) in [7, 11) is 0. The summed E-state index contributed by atoms with van der Waals surface area (Å²) in [5.41, 5.74) is 8.45. The Bertz CT molecular complexity index is 885. The number of benzene rings is 1. The average molecular weight is 336 g/mol. The number of aromatic nitrogens is 2. The number of aryl methyl sites for hydroxylation is 2. The fourth-order valence-electron chi connectivity index (χ4n) is 2.63. The van der Waals surface area contributed by atoms with E-state index in [2.05, 4.69) is 15.5 Å². The van der Waals surface area contributed by atoms with Gasteiger partial charge in [-0.1, -0.05) is 13.0 Å². The molecule has 0 aliphatic rings. The Kier molecular flexibility index (Phi) is 4.79. The summed E-state index contributed by atoms with van der Waals surface area (Å²) in [5, 5.41) is 11.5. The number of furan rings is 1. The highest BCUT2D eigenvalue weighted by Gasteiger charge is 2.15. The van der Waals surface area contributed by atoms with Gasteiger partial charge >= 0.3 is 0 Å². The number of anilines is 2. The van der Waals surface area contributed by atoms with Gasteiger partial charge in [0.05, 0.1) is 5.69 Å². The first-order valence-electron chi connectivity index (χ1n) is 8.13. The van der Waals surface area contributed by atoms with Gasteiger partial charge in [-0.15, -0.1) is 5.10 Å². The molecule has 0 unspecified atom stereocenters. The van der Waals surface area contributed by atoms with Crippen molar-refractivity contribution in [2.24, 2.45) is 5.73 Å². The van der Waals surface area contributed by atoms with Crippen molar-refractivity contribution in [3.05, 3.63) is 70.8 Å². The predicted octanol–water partition coefficient (Wildman–Crippen LogP) is 3.37. The highest BCUT2D eigenvalue weighted by molar-refractivity contribution is 5.96. The molecule has 0 aliphatic carbocycles. The molecule has 6 nitrogen and oxygen atoms in total. The van der Waals surface area contributed by atoms with E-state index < -0.39 is 5.91 Å². The third kappa shape index (κ3) is 3.85. The molecule has 2 heterocycles. The number of primary amides is 1. The lowest BCUT2D eigenvalue weighted by atomic mass is 10.0. The smallest absolute Gasteiger partial charge is 0.249 e. The topological polar surface area (TPSA) is 94.0 Å². The van der Waals surface area contributed by atoms with Crippen LogP contribution in [0.15, 0.2) is 46.9 Å². The zero-order valence-corrected chi connectivity index (χ0v) is 14.2. The third-order valence-electron chi connectivity index (χ3n) is 3.93. The van der Waals surface area contributed by atoms with E-state index in [1.165, 1.54) is 0 Å². The Balaban J connectivity index is 1.96. The van der Waals surface area contributed by atoms with Crippen molar-refractivity contribution in [3.63, 3.8) is 0 Å². The van der Waals surface area contributed by atoms with Gasteiger partial charge in [-0.3, -0.25) is 4.79 Å². The summed E-state index contributed by atoms with van der Waals surface area (Å²) in [5.74, 6) is 1.72. The van der Waals surface area contributed by atoms with E-state index in [-0.39, 0.29) is 0 Å². The second-order valence-electron chi connectivity index (χ2n) is 5.77. The van der Waals surface area contributed by atoms with Crippen LogP contribution in [-0.4, -0.2) is 16.1 Å². The van der Waals surface area contributed by atoms with Crippen LogP contribution in [0.5, 0.6) is 0 Å². The first-order chi connectivity index (χ1) is 12.1. The van der Waals surface area contributed by atoms with E-state index in [0.717, 1.165) is 34.9 Å². The number of nitrogens with one attached hydrogen (secondary N) is 1. The molecule has 1 aromatic carbocycles. The first-order valence-corrected chi connectivity index (χ1v) is 8.13. The SMILES string of the molecule is CCc1ccc(Nc2cccc(C(N)=O)c2Cc2ccc(C)o2)nn1. The number of rotatable bonds is 6. The minimum atomic E-state index is -0.477. The van der Waals surface area contributed by atoms with Crippen molar-refractivity contribution in [1.29, 1.82) is 0 Å². The Morgan fingerprint density at radius 2 is 2.00 bits per heavy atom. The molecule has 0 fully saturated rings. The fourth-order valence-corrected chi connectivity index (χ4v) is 2.63. The maximum absolute atomic E-state index is 11.8. The molecule has 0 saturated heterocycles. The standard InChI is InChI=1S/C19H20N4O2/c1-3-13-8-10-18(23-22-13)21-17-6-4-5-15(19(20)24)16(17)11-14-9-7-12(2)25-14/h4-10H,3,11H2,1-2H3,(H2,20,24)(H,21,23). The predicted molar refractivity (Wildman–Crippen MR) is 95.9 cm³/mol. The van der Waals surface area contributed by atoms with Crippen molar-refractivity contribution in [2.75, 3.05) is 5.32 Å². The Labute approximate surface area is 146 Å². The number of hydrogen-bond acceptors (Lipinski definition) is 5. The van der Waals surface area contributed by atoms with Gasteiger partial charge in [0.1, 0.15) is 11.5 Å². The maximum atomic E-state index is 11.8. The molecule has 0 saturated carbocycles. The number of carbonyl (C=O) groups is 1. The molecule has 0 radical (unpaired) electrons. The van der Waals surface area contributed by atoms with Crippen molar-refractivity contribution in [1.82, 2.24) is 10.2 Å². The minimum Gasteiger partial charge on any atom is -0.466 e. The molecular formula is C19H20N4O2. The maximum Gasteiger partial charge on any atom is 0.249 e. The van der Waals surface area contributed by atoms with Crippen molar-refractivity contribution < 1.29 is 9.21 Å². The zero-order chi connectivity index (χ0) is 17.8. The molecule has 25 heavy (non-hydrogen) atoms. The Morgan fingerprint density at radius 3 is 2.60 bits per heavy atom. The van der Waals surface area contributed by atoms with Gasteiger partial charge in [-0.05, 0) is 55.3 Å². The van der Waals surface area contributed by atoms with E-state index >= 15 is 0 Å². The van der Waals surface area contributed by atoms with Crippen LogP contribution < -0.4 is 11.1 Å². The van der Waals surface area contributed by atoms with Gasteiger partial charge in [-0.25, -0.2) is 0 Å². The van der Waals surface area contributed by atoms with Gasteiger partial charge in [0.25, 0.3) is 0 Å². The molecule has 0 atom stereocenters. The minimum absolute atomic E-state index is 0.454. The van der Waals surface area contributed by atoms with Crippen LogP contribution in [0.25, 0.3) is 0 Å². The summed E-state index contributed by atoms with van der Waals surface area (Å²) >= 11 is 0. The lowest BCUT2D eigenvalue weighted by Gasteiger charge is -2.14. The molecule has 0 spiro atoms. The Hall–Kier alpha value is -3.15. The van der Waals surface area contributed by atoms with E-state index in [1.54, 1.807) is 12.1 Å². The number of nitrogens with two attached hydrogens (primary N) is 1. The summed E-state index contributed by atoms with van der Waals surface area (Å²) < 4.78 is 5.65. The van der Waals surface area contributed by atoms with Gasteiger partial charge in [-0.2, -0.15) is 5.10 Å². The zero-order valence-electron chi connectivity index (χ0n) is 14.2. The Morgan fingerprint density at radius 1 is 1.16 bits per heavy atom. The van der Waals surface area contributed by atoms with Gasteiger partial charge < -0.3 is 15.5 Å². The fraction of sp³-hybridized carbons (Fsp3) is 0.211. The lowest BCUT2D eigenvalue weighted by molar-refractivity contribution is 0.0999. The van der Waals surface area contributed by atoms with Crippen LogP contribution in [0, 0.1) is 6.92 Å². The molecule has 3 rings (SSSR count). The molecular weight excluding hydrogens is 316 g/mol. The van der Waals surface area contributed by atoms with Gasteiger partial charge in [0.15, 0.2) is 5.82 Å². The van der Waals surface area contributed by atoms with Crippen LogP contribution in [0.3, 0.4) is 0 Å². The summed E-state index contributed by atoms with van der Waals surface area (Å²) in [6.07, 6.45) is 1.28. The molecule has 0 bridgehead atoms. The molecule has 1 amide bonds. The third-order valence-corrected chi connectivity index (χ3v) is 3.93. The number of nitrogens with zero attached hydrogens (tertiary/aromatic N) is 2. The number of amides is 1. The van der Waals surface area contributed by atoms with Crippen LogP contribution in [0.1, 0.15) is 40.1 Å². The van der Waals surface area contributed by atoms with Crippen LogP contribution in [0.4, 0.5) is 11.5 Å².